The van der Waals surface area contributed by atoms with E-state index in [2.05, 4.69) is 21.6 Å². The molecular formula is C23H30N4O3. The molecule has 3 saturated heterocycles. The standard InChI is InChI=1S/C23H30N4O3/c28-20-6-5-19(21(29)25-20)27-15-17-13-16(3-4-18(17)22(27)30)14-26-11-8-23(9-12-26)7-1-2-10-24-23/h3-4,13,19,24H,1-2,5-12,14-15H2,(H,25,28,29). The number of rotatable bonds is 3. The van der Waals surface area contributed by atoms with Crippen LogP contribution < -0.4 is 10.6 Å². The summed E-state index contributed by atoms with van der Waals surface area (Å²) in [6, 6.07) is 5.54. The van der Waals surface area contributed by atoms with E-state index in [1.807, 2.05) is 12.1 Å². The maximum atomic E-state index is 12.8. The molecule has 7 nitrogen and oxygen atoms in total. The highest BCUT2D eigenvalue weighted by Crippen LogP contribution is 2.32. The second-order valence-electron chi connectivity index (χ2n) is 9.33. The van der Waals surface area contributed by atoms with Crippen LogP contribution in [0.3, 0.4) is 0 Å². The molecule has 0 aromatic heterocycles. The molecule has 1 atom stereocenters. The second kappa shape index (κ2) is 7.78. The van der Waals surface area contributed by atoms with Crippen molar-refractivity contribution in [2.75, 3.05) is 19.6 Å². The lowest BCUT2D eigenvalue weighted by Crippen LogP contribution is -2.55. The van der Waals surface area contributed by atoms with E-state index in [0.717, 1.165) is 31.7 Å². The van der Waals surface area contributed by atoms with Gasteiger partial charge in [-0.3, -0.25) is 24.6 Å². The van der Waals surface area contributed by atoms with E-state index in [0.29, 0.717) is 24.1 Å². The van der Waals surface area contributed by atoms with Gasteiger partial charge in [-0.05, 0) is 55.8 Å². The van der Waals surface area contributed by atoms with Crippen molar-refractivity contribution < 1.29 is 14.4 Å². The highest BCUT2D eigenvalue weighted by Gasteiger charge is 2.39. The van der Waals surface area contributed by atoms with E-state index in [4.69, 9.17) is 0 Å². The maximum absolute atomic E-state index is 12.8. The Balaban J connectivity index is 1.23. The smallest absolute Gasteiger partial charge is 0.255 e. The zero-order valence-electron chi connectivity index (χ0n) is 17.4. The molecule has 160 valence electrons. The van der Waals surface area contributed by atoms with Crippen molar-refractivity contribution in [2.24, 2.45) is 0 Å². The number of fused-ring (bicyclic) bond motifs is 1. The van der Waals surface area contributed by atoms with Crippen LogP contribution in [-0.4, -0.2) is 58.7 Å². The summed E-state index contributed by atoms with van der Waals surface area (Å²) in [5.74, 6) is -0.713. The number of amides is 3. The Morgan fingerprint density at radius 3 is 2.63 bits per heavy atom. The zero-order valence-corrected chi connectivity index (χ0v) is 17.4. The molecule has 4 heterocycles. The quantitative estimate of drug-likeness (QED) is 0.739. The highest BCUT2D eigenvalue weighted by atomic mass is 16.2. The fraction of sp³-hybridized carbons (Fsp3) is 0.609. The number of hydrogen-bond donors (Lipinski definition) is 2. The molecule has 4 aliphatic heterocycles. The number of hydrogen-bond acceptors (Lipinski definition) is 5. The van der Waals surface area contributed by atoms with Crippen LogP contribution in [0.4, 0.5) is 0 Å². The molecule has 3 fully saturated rings. The molecule has 1 aromatic rings. The topological polar surface area (TPSA) is 81.8 Å². The van der Waals surface area contributed by atoms with Gasteiger partial charge in [0.05, 0.1) is 0 Å². The number of benzene rings is 1. The van der Waals surface area contributed by atoms with Crippen molar-refractivity contribution in [3.05, 3.63) is 34.9 Å². The monoisotopic (exact) mass is 410 g/mol. The molecule has 0 bridgehead atoms. The first-order chi connectivity index (χ1) is 14.5. The lowest BCUT2D eigenvalue weighted by Gasteiger charge is -2.45. The molecule has 1 unspecified atom stereocenters. The first kappa shape index (κ1) is 19.7. The summed E-state index contributed by atoms with van der Waals surface area (Å²) in [6.07, 6.45) is 7.05. The van der Waals surface area contributed by atoms with Gasteiger partial charge in [0.15, 0.2) is 0 Å². The van der Waals surface area contributed by atoms with Gasteiger partial charge in [0.25, 0.3) is 5.91 Å². The van der Waals surface area contributed by atoms with Crippen molar-refractivity contribution in [1.29, 1.82) is 0 Å². The lowest BCUT2D eigenvalue weighted by molar-refractivity contribution is -0.136. The van der Waals surface area contributed by atoms with Gasteiger partial charge in [0, 0.05) is 43.7 Å². The van der Waals surface area contributed by atoms with Crippen LogP contribution in [0.25, 0.3) is 0 Å². The molecule has 0 aliphatic carbocycles. The van der Waals surface area contributed by atoms with Crippen molar-refractivity contribution in [3.8, 4) is 0 Å². The van der Waals surface area contributed by atoms with Crippen molar-refractivity contribution in [2.45, 2.75) is 69.6 Å². The summed E-state index contributed by atoms with van der Waals surface area (Å²) < 4.78 is 0. The van der Waals surface area contributed by atoms with E-state index in [9.17, 15) is 14.4 Å². The normalized spacial score (nSPS) is 26.7. The molecule has 5 rings (SSSR count). The average Bonchev–Trinajstić information content (AvgIpc) is 3.06. The van der Waals surface area contributed by atoms with Crippen molar-refractivity contribution in [3.63, 3.8) is 0 Å². The number of piperidine rings is 3. The number of carbonyl (C=O) groups is 3. The first-order valence-corrected chi connectivity index (χ1v) is 11.3. The molecular weight excluding hydrogens is 380 g/mol. The summed E-state index contributed by atoms with van der Waals surface area (Å²) in [7, 11) is 0. The molecule has 0 radical (unpaired) electrons. The Bertz CT molecular complexity index is 867. The Morgan fingerprint density at radius 2 is 1.90 bits per heavy atom. The summed E-state index contributed by atoms with van der Waals surface area (Å²) in [5.41, 5.74) is 3.26. The fourth-order valence-electron chi connectivity index (χ4n) is 5.58. The van der Waals surface area contributed by atoms with Crippen LogP contribution in [0.2, 0.25) is 0 Å². The van der Waals surface area contributed by atoms with Gasteiger partial charge in [0.1, 0.15) is 6.04 Å². The third kappa shape index (κ3) is 3.65. The fourth-order valence-corrected chi connectivity index (χ4v) is 5.58. The van der Waals surface area contributed by atoms with Crippen LogP contribution in [0.15, 0.2) is 18.2 Å². The summed E-state index contributed by atoms with van der Waals surface area (Å²) >= 11 is 0. The minimum atomic E-state index is -0.549. The number of nitrogens with one attached hydrogen (secondary N) is 2. The number of imide groups is 1. The van der Waals surface area contributed by atoms with Crippen LogP contribution in [0.5, 0.6) is 0 Å². The van der Waals surface area contributed by atoms with Crippen molar-refractivity contribution >= 4 is 17.7 Å². The minimum absolute atomic E-state index is 0.102. The maximum Gasteiger partial charge on any atom is 0.255 e. The van der Waals surface area contributed by atoms with Crippen LogP contribution in [0, 0.1) is 0 Å². The molecule has 0 saturated carbocycles. The number of carbonyl (C=O) groups excluding carboxylic acids is 3. The van der Waals surface area contributed by atoms with Gasteiger partial charge in [-0.15, -0.1) is 0 Å². The van der Waals surface area contributed by atoms with Crippen LogP contribution in [0.1, 0.15) is 66.4 Å². The van der Waals surface area contributed by atoms with E-state index in [-0.39, 0.29) is 24.1 Å². The molecule has 2 N–H and O–H groups in total. The predicted molar refractivity (Wildman–Crippen MR) is 112 cm³/mol. The Labute approximate surface area is 177 Å². The largest absolute Gasteiger partial charge is 0.322 e. The molecule has 4 aliphatic rings. The minimum Gasteiger partial charge on any atom is -0.322 e. The first-order valence-electron chi connectivity index (χ1n) is 11.3. The van der Waals surface area contributed by atoms with E-state index >= 15 is 0 Å². The Morgan fingerprint density at radius 1 is 1.07 bits per heavy atom. The second-order valence-corrected chi connectivity index (χ2v) is 9.33. The van der Waals surface area contributed by atoms with Crippen molar-refractivity contribution in [1.82, 2.24) is 20.4 Å². The highest BCUT2D eigenvalue weighted by molar-refractivity contribution is 6.05. The van der Waals surface area contributed by atoms with Gasteiger partial charge in [-0.25, -0.2) is 0 Å². The Hall–Kier alpha value is -2.25. The van der Waals surface area contributed by atoms with Gasteiger partial charge in [-0.1, -0.05) is 18.6 Å². The third-order valence-electron chi connectivity index (χ3n) is 7.39. The number of likely N-dealkylation sites (tertiary alicyclic amines) is 1. The Kier molecular flexibility index (Phi) is 5.11. The molecule has 3 amide bonds. The summed E-state index contributed by atoms with van der Waals surface area (Å²) in [4.78, 5) is 40.6. The van der Waals surface area contributed by atoms with Gasteiger partial charge < -0.3 is 10.2 Å². The number of nitrogens with zero attached hydrogens (tertiary/aromatic N) is 2. The van der Waals surface area contributed by atoms with Crippen LogP contribution in [-0.2, 0) is 22.7 Å². The van der Waals surface area contributed by atoms with E-state index in [1.54, 1.807) is 4.90 Å². The van der Waals surface area contributed by atoms with Crippen LogP contribution >= 0.6 is 0 Å². The molecule has 7 heteroatoms. The van der Waals surface area contributed by atoms with E-state index < -0.39 is 6.04 Å². The summed E-state index contributed by atoms with van der Waals surface area (Å²) in [6.45, 7) is 4.70. The van der Waals surface area contributed by atoms with Gasteiger partial charge in [-0.2, -0.15) is 0 Å². The summed E-state index contributed by atoms with van der Waals surface area (Å²) in [5, 5.41) is 6.14. The average molecular weight is 411 g/mol. The van der Waals surface area contributed by atoms with E-state index in [1.165, 1.54) is 37.7 Å². The molecule has 1 aromatic carbocycles. The third-order valence-corrected chi connectivity index (χ3v) is 7.39. The molecule has 1 spiro atoms. The lowest BCUT2D eigenvalue weighted by atomic mass is 9.80. The SMILES string of the molecule is O=C1CCC(N2Cc3cc(CN4CCC5(CCCCN5)CC4)ccc3C2=O)C(=O)N1. The predicted octanol–water partition coefficient (Wildman–Crippen LogP) is 1.56. The zero-order chi connectivity index (χ0) is 20.7. The van der Waals surface area contributed by atoms with Gasteiger partial charge in [0.2, 0.25) is 11.8 Å². The van der Waals surface area contributed by atoms with Gasteiger partial charge >= 0.3 is 0 Å². The molecule has 30 heavy (non-hydrogen) atoms.